The summed E-state index contributed by atoms with van der Waals surface area (Å²) in [7, 11) is 4.81. The Bertz CT molecular complexity index is 686. The number of aromatic amines is 1. The fourth-order valence-corrected chi connectivity index (χ4v) is 2.96. The summed E-state index contributed by atoms with van der Waals surface area (Å²) in [5.74, 6) is 1.04. The van der Waals surface area contributed by atoms with E-state index >= 15 is 0 Å². The number of methoxy groups -OCH3 is 3. The molecule has 7 heteroatoms. The molecule has 1 aromatic carbocycles. The van der Waals surface area contributed by atoms with Gasteiger partial charge in [0.15, 0.2) is 11.5 Å². The average molecular weight is 334 g/mol. The first-order chi connectivity index (χ1) is 11.7. The van der Waals surface area contributed by atoms with E-state index in [1.807, 2.05) is 12.1 Å². The first kappa shape index (κ1) is 16.6. The highest BCUT2D eigenvalue weighted by atomic mass is 16.5. The van der Waals surface area contributed by atoms with Crippen LogP contribution in [0.4, 0.5) is 0 Å². The number of H-pyrrole nitrogens is 1. The molecule has 24 heavy (non-hydrogen) atoms. The van der Waals surface area contributed by atoms with E-state index in [1.165, 1.54) is 0 Å². The predicted octanol–water partition coefficient (Wildman–Crippen LogP) is 1.72. The van der Waals surface area contributed by atoms with Crippen molar-refractivity contribution in [2.45, 2.75) is 18.6 Å². The maximum atomic E-state index is 12.5. The molecular weight excluding hydrogens is 312 g/mol. The number of aromatic nitrogens is 1. The van der Waals surface area contributed by atoms with E-state index in [0.717, 1.165) is 17.3 Å². The van der Waals surface area contributed by atoms with Crippen LogP contribution < -0.4 is 14.8 Å². The molecule has 0 bridgehead atoms. The monoisotopic (exact) mass is 334 g/mol. The van der Waals surface area contributed by atoms with Crippen molar-refractivity contribution < 1.29 is 23.7 Å². The van der Waals surface area contributed by atoms with E-state index in [-0.39, 0.29) is 18.1 Å². The average Bonchev–Trinajstić information content (AvgIpc) is 3.03. The smallest absolute Gasteiger partial charge is 0.268 e. The molecular formula is C17H22N2O5. The van der Waals surface area contributed by atoms with E-state index < -0.39 is 0 Å². The summed E-state index contributed by atoms with van der Waals surface area (Å²) in [6.07, 6.45) is 0.731. The predicted molar refractivity (Wildman–Crippen MR) is 88.9 cm³/mol. The molecule has 0 aliphatic carbocycles. The lowest BCUT2D eigenvalue weighted by Gasteiger charge is -2.30. The topological polar surface area (TPSA) is 81.8 Å². The van der Waals surface area contributed by atoms with Gasteiger partial charge in [0.1, 0.15) is 5.69 Å². The number of ether oxygens (including phenoxy) is 4. The number of hydrogen-bond donors (Lipinski definition) is 2. The van der Waals surface area contributed by atoms with Crippen molar-refractivity contribution in [1.29, 1.82) is 0 Å². The summed E-state index contributed by atoms with van der Waals surface area (Å²) >= 11 is 0. The van der Waals surface area contributed by atoms with Gasteiger partial charge in [0.05, 0.1) is 33.0 Å². The van der Waals surface area contributed by atoms with E-state index in [0.29, 0.717) is 30.4 Å². The minimum Gasteiger partial charge on any atom is -0.493 e. The Hall–Kier alpha value is -2.25. The minimum absolute atomic E-state index is 0.0349. The standard InChI is InChI=1S/C17H22N2O5/c1-21-14-4-5-24-9-13(14)19-17(20)12-6-10-7-15(22-2)16(23-3)8-11(10)18-12/h6-8,13-14,18H,4-5,9H2,1-3H3,(H,19,20)/t13-,14-/m1/s1. The highest BCUT2D eigenvalue weighted by Crippen LogP contribution is 2.32. The molecule has 2 heterocycles. The van der Waals surface area contributed by atoms with Crippen LogP contribution in [-0.4, -0.2) is 57.6 Å². The molecule has 1 amide bonds. The van der Waals surface area contributed by atoms with E-state index in [9.17, 15) is 4.79 Å². The second kappa shape index (κ2) is 7.11. The van der Waals surface area contributed by atoms with Gasteiger partial charge in [-0.15, -0.1) is 0 Å². The normalized spacial score (nSPS) is 20.8. The summed E-state index contributed by atoms with van der Waals surface area (Å²) in [5.41, 5.74) is 1.28. The molecule has 0 saturated carbocycles. The van der Waals surface area contributed by atoms with Crippen LogP contribution in [0.25, 0.3) is 10.9 Å². The van der Waals surface area contributed by atoms with Crippen molar-refractivity contribution in [2.75, 3.05) is 34.5 Å². The number of rotatable bonds is 5. The van der Waals surface area contributed by atoms with Crippen LogP contribution in [0.2, 0.25) is 0 Å². The summed E-state index contributed by atoms with van der Waals surface area (Å²) in [5, 5.41) is 3.85. The van der Waals surface area contributed by atoms with Gasteiger partial charge in [-0.2, -0.15) is 0 Å². The van der Waals surface area contributed by atoms with Crippen LogP contribution >= 0.6 is 0 Å². The third kappa shape index (κ3) is 3.18. The number of fused-ring (bicyclic) bond motifs is 1. The summed E-state index contributed by atoms with van der Waals surface area (Å²) in [6.45, 7) is 1.10. The molecule has 7 nitrogen and oxygen atoms in total. The van der Waals surface area contributed by atoms with Crippen LogP contribution in [0, 0.1) is 0 Å². The van der Waals surface area contributed by atoms with Crippen LogP contribution in [0.5, 0.6) is 11.5 Å². The van der Waals surface area contributed by atoms with Gasteiger partial charge in [-0.05, 0) is 18.6 Å². The van der Waals surface area contributed by atoms with Crippen molar-refractivity contribution in [3.8, 4) is 11.5 Å². The van der Waals surface area contributed by atoms with Crippen molar-refractivity contribution in [2.24, 2.45) is 0 Å². The lowest BCUT2D eigenvalue weighted by molar-refractivity contribution is -0.0349. The van der Waals surface area contributed by atoms with Gasteiger partial charge in [-0.25, -0.2) is 0 Å². The molecule has 2 N–H and O–H groups in total. The molecule has 1 aliphatic rings. The molecule has 2 aromatic rings. The fourth-order valence-electron chi connectivity index (χ4n) is 2.96. The number of amides is 1. The van der Waals surface area contributed by atoms with Crippen LogP contribution in [0.15, 0.2) is 18.2 Å². The zero-order chi connectivity index (χ0) is 17.1. The van der Waals surface area contributed by atoms with Crippen LogP contribution in [0.1, 0.15) is 16.9 Å². The Morgan fingerprint density at radius 2 is 1.96 bits per heavy atom. The quantitative estimate of drug-likeness (QED) is 0.870. The van der Waals surface area contributed by atoms with Crippen LogP contribution in [0.3, 0.4) is 0 Å². The van der Waals surface area contributed by atoms with Gasteiger partial charge in [0, 0.05) is 30.7 Å². The number of hydrogen-bond acceptors (Lipinski definition) is 5. The first-order valence-electron chi connectivity index (χ1n) is 7.82. The number of carbonyl (C=O) groups excluding carboxylic acids is 1. The molecule has 0 unspecified atom stereocenters. The van der Waals surface area contributed by atoms with Crippen molar-refractivity contribution >= 4 is 16.8 Å². The fraction of sp³-hybridized carbons (Fsp3) is 0.471. The lowest BCUT2D eigenvalue weighted by Crippen LogP contribution is -2.50. The second-order valence-electron chi connectivity index (χ2n) is 5.70. The summed E-state index contributed by atoms with van der Waals surface area (Å²) in [4.78, 5) is 15.7. The molecule has 130 valence electrons. The number of benzene rings is 1. The second-order valence-corrected chi connectivity index (χ2v) is 5.70. The van der Waals surface area contributed by atoms with E-state index in [2.05, 4.69) is 10.3 Å². The van der Waals surface area contributed by atoms with Gasteiger partial charge in [-0.3, -0.25) is 4.79 Å². The SMILES string of the molecule is COc1cc2cc(C(=O)N[C@@H]3COCC[C@H]3OC)[nH]c2cc1OC. The highest BCUT2D eigenvalue weighted by molar-refractivity contribution is 5.98. The highest BCUT2D eigenvalue weighted by Gasteiger charge is 2.27. The van der Waals surface area contributed by atoms with Crippen molar-refractivity contribution in [3.63, 3.8) is 0 Å². The molecule has 2 atom stereocenters. The van der Waals surface area contributed by atoms with Gasteiger partial charge in [0.25, 0.3) is 5.91 Å². The lowest BCUT2D eigenvalue weighted by atomic mass is 10.1. The Morgan fingerprint density at radius 1 is 1.21 bits per heavy atom. The Balaban J connectivity index is 1.82. The van der Waals surface area contributed by atoms with Crippen LogP contribution in [-0.2, 0) is 9.47 Å². The minimum atomic E-state index is -0.193. The van der Waals surface area contributed by atoms with Gasteiger partial charge < -0.3 is 29.2 Å². The van der Waals surface area contributed by atoms with E-state index in [4.69, 9.17) is 18.9 Å². The molecule has 1 aromatic heterocycles. The molecule has 0 radical (unpaired) electrons. The zero-order valence-corrected chi connectivity index (χ0v) is 14.0. The van der Waals surface area contributed by atoms with E-state index in [1.54, 1.807) is 27.4 Å². The maximum absolute atomic E-state index is 12.5. The van der Waals surface area contributed by atoms with Gasteiger partial charge >= 0.3 is 0 Å². The van der Waals surface area contributed by atoms with Crippen molar-refractivity contribution in [3.05, 3.63) is 23.9 Å². The third-order valence-corrected chi connectivity index (χ3v) is 4.28. The zero-order valence-electron chi connectivity index (χ0n) is 14.0. The number of carbonyl (C=O) groups is 1. The maximum Gasteiger partial charge on any atom is 0.268 e. The first-order valence-corrected chi connectivity index (χ1v) is 7.82. The Kier molecular flexibility index (Phi) is 4.92. The van der Waals surface area contributed by atoms with Gasteiger partial charge in [0.2, 0.25) is 0 Å². The largest absolute Gasteiger partial charge is 0.493 e. The number of nitrogens with one attached hydrogen (secondary N) is 2. The molecule has 0 spiro atoms. The van der Waals surface area contributed by atoms with Gasteiger partial charge in [-0.1, -0.05) is 0 Å². The Morgan fingerprint density at radius 3 is 2.67 bits per heavy atom. The third-order valence-electron chi connectivity index (χ3n) is 4.28. The summed E-state index contributed by atoms with van der Waals surface area (Å²) < 4.78 is 21.4. The summed E-state index contributed by atoms with van der Waals surface area (Å²) in [6, 6.07) is 5.28. The molecule has 1 aliphatic heterocycles. The molecule has 3 rings (SSSR count). The van der Waals surface area contributed by atoms with Crippen molar-refractivity contribution in [1.82, 2.24) is 10.3 Å². The Labute approximate surface area is 140 Å². The molecule has 1 fully saturated rings. The molecule has 1 saturated heterocycles.